The van der Waals surface area contributed by atoms with Crippen LogP contribution in [-0.4, -0.2) is 27.1 Å². The Morgan fingerprint density at radius 2 is 2.00 bits per heavy atom. The summed E-state index contributed by atoms with van der Waals surface area (Å²) in [6.07, 6.45) is 1.80. The first-order valence-electron chi connectivity index (χ1n) is 7.02. The van der Waals surface area contributed by atoms with Gasteiger partial charge in [0, 0.05) is 22.3 Å². The average molecular weight is 395 g/mol. The number of nitrogens with zero attached hydrogens (tertiary/aromatic N) is 1. The second kappa shape index (κ2) is 5.98. The highest BCUT2D eigenvalue weighted by Gasteiger charge is 2.26. The van der Waals surface area contributed by atoms with Gasteiger partial charge in [-0.1, -0.05) is 22.0 Å². The van der Waals surface area contributed by atoms with Crippen molar-refractivity contribution in [1.29, 1.82) is 0 Å². The third-order valence-electron chi connectivity index (χ3n) is 3.68. The highest BCUT2D eigenvalue weighted by Crippen LogP contribution is 2.31. The third kappa shape index (κ3) is 3.40. The van der Waals surface area contributed by atoms with Crippen LogP contribution in [0.5, 0.6) is 0 Å². The summed E-state index contributed by atoms with van der Waals surface area (Å²) in [5.41, 5.74) is 2.74. The molecule has 0 unspecified atom stereocenters. The number of halogens is 1. The fraction of sp³-hybridized carbons (Fsp3) is 0.188. The zero-order chi connectivity index (χ0) is 16.6. The number of anilines is 2. The average Bonchev–Trinajstić information content (AvgIpc) is 2.90. The topological polar surface area (TPSA) is 66.5 Å². The van der Waals surface area contributed by atoms with Crippen LogP contribution in [0.3, 0.4) is 0 Å². The van der Waals surface area contributed by atoms with E-state index in [9.17, 15) is 13.2 Å². The molecule has 3 rings (SSSR count). The smallest absolute Gasteiger partial charge is 0.255 e. The van der Waals surface area contributed by atoms with Crippen molar-refractivity contribution in [3.8, 4) is 0 Å². The van der Waals surface area contributed by atoms with Crippen molar-refractivity contribution < 1.29 is 13.2 Å². The van der Waals surface area contributed by atoms with E-state index >= 15 is 0 Å². The summed E-state index contributed by atoms with van der Waals surface area (Å²) >= 11 is 3.36. The maximum Gasteiger partial charge on any atom is 0.255 e. The van der Waals surface area contributed by atoms with Crippen LogP contribution in [0.15, 0.2) is 46.9 Å². The fourth-order valence-electron chi connectivity index (χ4n) is 2.63. The van der Waals surface area contributed by atoms with Gasteiger partial charge >= 0.3 is 0 Å². The molecule has 0 bridgehead atoms. The largest absolute Gasteiger partial charge is 0.322 e. The summed E-state index contributed by atoms with van der Waals surface area (Å²) in [4.78, 5) is 12.3. The number of carbonyl (C=O) groups is 1. The first-order valence-corrected chi connectivity index (χ1v) is 9.66. The summed E-state index contributed by atoms with van der Waals surface area (Å²) in [5, 5.41) is 2.83. The van der Waals surface area contributed by atoms with Crippen LogP contribution in [0.2, 0.25) is 0 Å². The molecule has 1 N–H and O–H groups in total. The number of hydrogen-bond acceptors (Lipinski definition) is 3. The monoisotopic (exact) mass is 394 g/mol. The molecule has 0 spiro atoms. The molecule has 0 saturated carbocycles. The summed E-state index contributed by atoms with van der Waals surface area (Å²) in [6, 6.07) is 12.4. The van der Waals surface area contributed by atoms with Crippen LogP contribution in [0.4, 0.5) is 11.4 Å². The van der Waals surface area contributed by atoms with Crippen molar-refractivity contribution in [1.82, 2.24) is 0 Å². The van der Waals surface area contributed by atoms with E-state index in [1.165, 1.54) is 10.6 Å². The normalized spacial score (nSPS) is 13.7. The van der Waals surface area contributed by atoms with Crippen LogP contribution in [0, 0.1) is 0 Å². The van der Waals surface area contributed by atoms with Crippen molar-refractivity contribution in [2.24, 2.45) is 0 Å². The van der Waals surface area contributed by atoms with E-state index < -0.39 is 10.0 Å². The van der Waals surface area contributed by atoms with E-state index in [0.29, 0.717) is 29.9 Å². The molecule has 0 saturated heterocycles. The Kier molecular flexibility index (Phi) is 4.16. The third-order valence-corrected chi connectivity index (χ3v) is 5.35. The highest BCUT2D eigenvalue weighted by molar-refractivity contribution is 9.10. The maximum atomic E-state index is 12.3. The van der Waals surface area contributed by atoms with Gasteiger partial charge in [0.1, 0.15) is 0 Å². The quantitative estimate of drug-likeness (QED) is 0.869. The molecule has 1 heterocycles. The van der Waals surface area contributed by atoms with Gasteiger partial charge in [-0.15, -0.1) is 0 Å². The zero-order valence-corrected chi connectivity index (χ0v) is 14.8. The molecule has 120 valence electrons. The van der Waals surface area contributed by atoms with Gasteiger partial charge in [-0.2, -0.15) is 0 Å². The Morgan fingerprint density at radius 3 is 2.70 bits per heavy atom. The summed E-state index contributed by atoms with van der Waals surface area (Å²) in [6.45, 7) is 0.421. The number of sulfonamides is 1. The van der Waals surface area contributed by atoms with E-state index in [2.05, 4.69) is 21.2 Å². The number of hydrogen-bond donors (Lipinski definition) is 1. The molecule has 2 aromatic carbocycles. The Bertz CT molecular complexity index is 881. The lowest BCUT2D eigenvalue weighted by molar-refractivity contribution is 0.102. The molecular formula is C16H15BrN2O3S. The summed E-state index contributed by atoms with van der Waals surface area (Å²) < 4.78 is 25.7. The Hall–Kier alpha value is -1.86. The first-order chi connectivity index (χ1) is 10.8. The lowest BCUT2D eigenvalue weighted by atomic mass is 10.1. The Morgan fingerprint density at radius 1 is 1.22 bits per heavy atom. The molecule has 0 aromatic heterocycles. The van der Waals surface area contributed by atoms with Gasteiger partial charge in [0.2, 0.25) is 10.0 Å². The second-order valence-corrected chi connectivity index (χ2v) is 8.22. The molecule has 0 aliphatic carbocycles. The predicted octanol–water partition coefficient (Wildman–Crippen LogP) is 3.02. The van der Waals surface area contributed by atoms with Gasteiger partial charge in [0.25, 0.3) is 5.91 Å². The van der Waals surface area contributed by atoms with E-state index in [0.717, 1.165) is 10.0 Å². The summed E-state index contributed by atoms with van der Waals surface area (Å²) in [5.74, 6) is -0.219. The second-order valence-electron chi connectivity index (χ2n) is 5.39. The van der Waals surface area contributed by atoms with Gasteiger partial charge in [0.15, 0.2) is 0 Å². The number of fused-ring (bicyclic) bond motifs is 1. The molecule has 1 aliphatic rings. The van der Waals surface area contributed by atoms with Crippen LogP contribution >= 0.6 is 15.9 Å². The molecule has 5 nitrogen and oxygen atoms in total. The minimum atomic E-state index is -3.27. The first kappa shape index (κ1) is 16.0. The molecule has 0 fully saturated rings. The number of amides is 1. The molecule has 0 radical (unpaired) electrons. The van der Waals surface area contributed by atoms with Crippen LogP contribution in [0.25, 0.3) is 0 Å². The summed E-state index contributed by atoms with van der Waals surface area (Å²) in [7, 11) is -3.27. The SMILES string of the molecule is CS(=O)(=O)N1CCc2cc(C(=O)Nc3cccc(Br)c3)ccc21. The predicted molar refractivity (Wildman–Crippen MR) is 94.4 cm³/mol. The zero-order valence-electron chi connectivity index (χ0n) is 12.4. The maximum absolute atomic E-state index is 12.3. The van der Waals surface area contributed by atoms with E-state index in [1.807, 2.05) is 18.2 Å². The van der Waals surface area contributed by atoms with E-state index in [-0.39, 0.29) is 5.91 Å². The van der Waals surface area contributed by atoms with E-state index in [4.69, 9.17) is 0 Å². The molecule has 1 amide bonds. The molecule has 23 heavy (non-hydrogen) atoms. The Labute approximate surface area is 143 Å². The number of carbonyl (C=O) groups excluding carboxylic acids is 1. The van der Waals surface area contributed by atoms with Gasteiger partial charge in [0.05, 0.1) is 11.9 Å². The molecular weight excluding hydrogens is 380 g/mol. The van der Waals surface area contributed by atoms with Crippen LogP contribution in [0.1, 0.15) is 15.9 Å². The van der Waals surface area contributed by atoms with Crippen molar-refractivity contribution in [2.75, 3.05) is 22.4 Å². The van der Waals surface area contributed by atoms with Gasteiger partial charge < -0.3 is 5.32 Å². The van der Waals surface area contributed by atoms with Crippen LogP contribution in [-0.2, 0) is 16.4 Å². The molecule has 7 heteroatoms. The van der Waals surface area contributed by atoms with Crippen molar-refractivity contribution in [2.45, 2.75) is 6.42 Å². The van der Waals surface area contributed by atoms with Crippen molar-refractivity contribution in [3.05, 3.63) is 58.1 Å². The van der Waals surface area contributed by atoms with Crippen molar-refractivity contribution in [3.63, 3.8) is 0 Å². The standard InChI is InChI=1S/C16H15BrN2O3S/c1-23(21,22)19-8-7-11-9-12(5-6-15(11)19)16(20)18-14-4-2-3-13(17)10-14/h2-6,9-10H,7-8H2,1H3,(H,18,20). The molecule has 2 aromatic rings. The fourth-order valence-corrected chi connectivity index (χ4v) is 3.98. The minimum absolute atomic E-state index is 0.219. The highest BCUT2D eigenvalue weighted by atomic mass is 79.9. The van der Waals surface area contributed by atoms with Gasteiger partial charge in [-0.05, 0) is 48.4 Å². The van der Waals surface area contributed by atoms with Crippen molar-refractivity contribution >= 4 is 43.2 Å². The molecule has 1 aliphatic heterocycles. The number of benzene rings is 2. The number of rotatable bonds is 3. The van der Waals surface area contributed by atoms with E-state index in [1.54, 1.807) is 24.3 Å². The number of nitrogens with one attached hydrogen (secondary N) is 1. The Balaban J connectivity index is 1.84. The minimum Gasteiger partial charge on any atom is -0.322 e. The van der Waals surface area contributed by atoms with Crippen LogP contribution < -0.4 is 9.62 Å². The lowest BCUT2D eigenvalue weighted by Crippen LogP contribution is -2.27. The lowest BCUT2D eigenvalue weighted by Gasteiger charge is -2.16. The van der Waals surface area contributed by atoms with Gasteiger partial charge in [-0.3, -0.25) is 9.10 Å². The molecule has 0 atom stereocenters. The van der Waals surface area contributed by atoms with Gasteiger partial charge in [-0.25, -0.2) is 8.42 Å².